The number of aryl methyl sites for hydroxylation is 1. The molecule has 1 aromatic carbocycles. The third kappa shape index (κ3) is 4.22. The average molecular weight is 378 g/mol. The highest BCUT2D eigenvalue weighted by Gasteiger charge is 2.31. The van der Waals surface area contributed by atoms with Gasteiger partial charge in [0, 0.05) is 11.1 Å². The molecule has 27 heavy (non-hydrogen) atoms. The second-order valence-corrected chi connectivity index (χ2v) is 6.31. The number of benzene rings is 1. The lowest BCUT2D eigenvalue weighted by atomic mass is 10.0. The molecule has 6 N–H and O–H groups in total. The minimum atomic E-state index is -1.74. The van der Waals surface area contributed by atoms with Crippen LogP contribution in [0.1, 0.15) is 22.8 Å². The summed E-state index contributed by atoms with van der Waals surface area (Å²) in [5, 5.41) is 41.4. The summed E-state index contributed by atoms with van der Waals surface area (Å²) in [6, 6.07) is 3.47. The summed E-state index contributed by atoms with van der Waals surface area (Å²) in [5.74, 6) is -0.349. The van der Waals surface area contributed by atoms with Gasteiger partial charge in [0.25, 0.3) is 5.56 Å². The summed E-state index contributed by atoms with van der Waals surface area (Å²) in [5.41, 5.74) is 0.849. The summed E-state index contributed by atoms with van der Waals surface area (Å²) in [4.78, 5) is 37.6. The number of hydrogen-bond donors (Lipinski definition) is 6. The zero-order chi connectivity index (χ0) is 20.3. The van der Waals surface area contributed by atoms with Gasteiger partial charge in [-0.2, -0.15) is 0 Å². The van der Waals surface area contributed by atoms with Gasteiger partial charge >= 0.3 is 0 Å². The van der Waals surface area contributed by atoms with Crippen molar-refractivity contribution in [1.82, 2.24) is 4.98 Å². The molecule has 9 nitrogen and oxygen atoms in total. The van der Waals surface area contributed by atoms with Crippen molar-refractivity contribution in [3.05, 3.63) is 39.7 Å². The third-order valence-corrected chi connectivity index (χ3v) is 4.40. The second kappa shape index (κ2) is 8.40. The first-order valence-corrected chi connectivity index (χ1v) is 8.25. The van der Waals surface area contributed by atoms with Crippen LogP contribution in [0.4, 0.5) is 5.69 Å². The van der Waals surface area contributed by atoms with Crippen molar-refractivity contribution >= 4 is 28.7 Å². The van der Waals surface area contributed by atoms with E-state index < -0.39 is 36.5 Å². The van der Waals surface area contributed by atoms with Crippen molar-refractivity contribution in [1.29, 1.82) is 0 Å². The number of pyridine rings is 1. The minimum Gasteiger partial charge on any atom is -0.394 e. The van der Waals surface area contributed by atoms with E-state index >= 15 is 0 Å². The molecule has 0 saturated heterocycles. The first kappa shape index (κ1) is 20.7. The molecule has 0 aliphatic heterocycles. The Bertz CT molecular complexity index is 908. The molecule has 0 aliphatic carbocycles. The van der Waals surface area contributed by atoms with Crippen LogP contribution in [0.5, 0.6) is 0 Å². The maximum atomic E-state index is 12.1. The molecule has 146 valence electrons. The van der Waals surface area contributed by atoms with Gasteiger partial charge in [-0.15, -0.1) is 0 Å². The second-order valence-electron chi connectivity index (χ2n) is 6.31. The van der Waals surface area contributed by atoms with Crippen LogP contribution >= 0.6 is 0 Å². The van der Waals surface area contributed by atoms with Crippen LogP contribution in [-0.2, 0) is 4.79 Å². The van der Waals surface area contributed by atoms with Crippen LogP contribution in [0.15, 0.2) is 23.0 Å². The van der Waals surface area contributed by atoms with Crippen molar-refractivity contribution in [3.8, 4) is 0 Å². The number of H-pyrrole nitrogens is 1. The number of anilines is 1. The number of hydrogen-bond acceptors (Lipinski definition) is 8. The number of aliphatic hydroxyl groups excluding tert-OH is 4. The fourth-order valence-corrected chi connectivity index (χ4v) is 2.92. The van der Waals surface area contributed by atoms with E-state index in [4.69, 9.17) is 5.11 Å². The van der Waals surface area contributed by atoms with Gasteiger partial charge < -0.3 is 35.5 Å². The van der Waals surface area contributed by atoms with E-state index in [-0.39, 0.29) is 11.3 Å². The maximum absolute atomic E-state index is 12.1. The lowest BCUT2D eigenvalue weighted by Gasteiger charge is -2.27. The van der Waals surface area contributed by atoms with Crippen molar-refractivity contribution in [2.24, 2.45) is 0 Å². The standard InChI is InChI=1S/C18H22N2O7/c1-8-11-4-3-10(5-12(11)20-18(27)15(8)9(2)23)19-13(6-21)16(25)17(26)14(24)7-22/h3-6,13-14,16-17,19,22,24-26H,7H2,1-2H3,(H,20,27)/t13-,14+,16+,17+/m0/s1. The zero-order valence-corrected chi connectivity index (χ0v) is 14.8. The number of rotatable bonds is 8. The minimum absolute atomic E-state index is 0.0745. The van der Waals surface area contributed by atoms with Gasteiger partial charge in [0.05, 0.1) is 17.7 Å². The van der Waals surface area contributed by atoms with Crippen molar-refractivity contribution < 1.29 is 30.0 Å². The SMILES string of the molecule is CC(=O)c1c(C)c2ccc(N[C@@H](C=O)[C@@H](O)[C@H](O)[C@H](O)CO)cc2[nH]c1=O. The normalized spacial score (nSPS) is 15.8. The predicted molar refractivity (Wildman–Crippen MR) is 97.9 cm³/mol. The van der Waals surface area contributed by atoms with Gasteiger partial charge in [0.15, 0.2) is 5.78 Å². The Kier molecular flexibility index (Phi) is 6.45. The summed E-state index contributed by atoms with van der Waals surface area (Å²) in [6.07, 6.45) is -4.67. The fraction of sp³-hybridized carbons (Fsp3) is 0.389. The Morgan fingerprint density at radius 2 is 1.93 bits per heavy atom. The molecule has 0 bridgehead atoms. The van der Waals surface area contributed by atoms with Gasteiger partial charge in [0.2, 0.25) is 0 Å². The Morgan fingerprint density at radius 3 is 2.48 bits per heavy atom. The van der Waals surface area contributed by atoms with Gasteiger partial charge in [-0.05, 0) is 31.5 Å². The number of fused-ring (bicyclic) bond motifs is 1. The molecule has 9 heteroatoms. The number of aldehydes is 1. The van der Waals surface area contributed by atoms with E-state index in [1.165, 1.54) is 13.0 Å². The number of aliphatic hydroxyl groups is 4. The Morgan fingerprint density at radius 1 is 1.26 bits per heavy atom. The van der Waals surface area contributed by atoms with Gasteiger partial charge in [-0.3, -0.25) is 9.59 Å². The molecule has 0 radical (unpaired) electrons. The molecule has 0 spiro atoms. The quantitative estimate of drug-likeness (QED) is 0.254. The van der Waals surface area contributed by atoms with Crippen LogP contribution in [0.3, 0.4) is 0 Å². The van der Waals surface area contributed by atoms with Crippen molar-refractivity contribution in [2.75, 3.05) is 11.9 Å². The predicted octanol–water partition coefficient (Wildman–Crippen LogP) is -0.906. The molecule has 0 fully saturated rings. The molecule has 0 saturated carbocycles. The highest BCUT2D eigenvalue weighted by atomic mass is 16.4. The van der Waals surface area contributed by atoms with E-state index in [2.05, 4.69) is 10.3 Å². The lowest BCUT2D eigenvalue weighted by Crippen LogP contribution is -2.49. The van der Waals surface area contributed by atoms with Crippen molar-refractivity contribution in [2.45, 2.75) is 38.2 Å². The molecule has 1 aromatic heterocycles. The van der Waals surface area contributed by atoms with Crippen LogP contribution in [0, 0.1) is 6.92 Å². The van der Waals surface area contributed by atoms with E-state index in [1.807, 2.05) is 0 Å². The van der Waals surface area contributed by atoms with Gasteiger partial charge in [-0.1, -0.05) is 6.07 Å². The van der Waals surface area contributed by atoms with E-state index in [0.717, 1.165) is 0 Å². The first-order valence-electron chi connectivity index (χ1n) is 8.25. The summed E-state index contributed by atoms with van der Waals surface area (Å²) in [7, 11) is 0. The molecule has 2 aromatic rings. The van der Waals surface area contributed by atoms with E-state index in [9.17, 15) is 29.7 Å². The summed E-state index contributed by atoms with van der Waals surface area (Å²) in [6.45, 7) is 2.19. The Hall–Kier alpha value is -2.59. The first-order chi connectivity index (χ1) is 12.7. The number of nitrogens with one attached hydrogen (secondary N) is 2. The fourth-order valence-electron chi connectivity index (χ4n) is 2.92. The topological polar surface area (TPSA) is 160 Å². The smallest absolute Gasteiger partial charge is 0.259 e. The summed E-state index contributed by atoms with van der Waals surface area (Å²) < 4.78 is 0. The number of carbonyl (C=O) groups excluding carboxylic acids is 2. The largest absolute Gasteiger partial charge is 0.394 e. The Balaban J connectivity index is 2.36. The van der Waals surface area contributed by atoms with Crippen LogP contribution < -0.4 is 10.9 Å². The monoisotopic (exact) mass is 378 g/mol. The van der Waals surface area contributed by atoms with Crippen LogP contribution in [0.25, 0.3) is 10.9 Å². The molecular weight excluding hydrogens is 356 g/mol. The maximum Gasteiger partial charge on any atom is 0.259 e. The van der Waals surface area contributed by atoms with E-state index in [0.29, 0.717) is 28.4 Å². The molecule has 0 unspecified atom stereocenters. The zero-order valence-electron chi connectivity index (χ0n) is 14.8. The highest BCUT2D eigenvalue weighted by molar-refractivity contribution is 6.00. The number of carbonyl (C=O) groups is 2. The highest BCUT2D eigenvalue weighted by Crippen LogP contribution is 2.22. The van der Waals surface area contributed by atoms with Gasteiger partial charge in [0.1, 0.15) is 30.6 Å². The molecule has 0 amide bonds. The average Bonchev–Trinajstić information content (AvgIpc) is 2.63. The van der Waals surface area contributed by atoms with Crippen LogP contribution in [0.2, 0.25) is 0 Å². The molecular formula is C18H22N2O7. The molecule has 1 heterocycles. The molecule has 0 aliphatic rings. The third-order valence-electron chi connectivity index (χ3n) is 4.40. The van der Waals surface area contributed by atoms with Crippen molar-refractivity contribution in [3.63, 3.8) is 0 Å². The Labute approximate surface area is 154 Å². The number of ketones is 1. The van der Waals surface area contributed by atoms with Crippen LogP contribution in [-0.4, -0.2) is 68.4 Å². The lowest BCUT2D eigenvalue weighted by molar-refractivity contribution is -0.117. The number of Topliss-reactive ketones (excluding diaryl/α,β-unsaturated/α-hetero) is 1. The van der Waals surface area contributed by atoms with E-state index in [1.54, 1.807) is 19.1 Å². The molecule has 4 atom stereocenters. The number of aromatic amines is 1. The summed E-state index contributed by atoms with van der Waals surface area (Å²) >= 11 is 0. The molecule has 2 rings (SSSR count). The number of aromatic nitrogens is 1. The van der Waals surface area contributed by atoms with Gasteiger partial charge in [-0.25, -0.2) is 0 Å².